The van der Waals surface area contributed by atoms with E-state index in [-0.39, 0.29) is 0 Å². The van der Waals surface area contributed by atoms with Crippen LogP contribution in [0.5, 0.6) is 0 Å². The average molecular weight is 1270 g/mol. The molecule has 15 aromatic carbocycles. The summed E-state index contributed by atoms with van der Waals surface area (Å²) in [6, 6.07) is 129. The normalized spacial score (nSPS) is 11.8. The number of rotatable bonds is 11. The van der Waals surface area contributed by atoms with Crippen LogP contribution >= 0.6 is 0 Å². The van der Waals surface area contributed by atoms with Crippen LogP contribution in [0.1, 0.15) is 0 Å². The molecule has 100 heavy (non-hydrogen) atoms. The van der Waals surface area contributed by atoms with Gasteiger partial charge in [-0.3, -0.25) is 0 Å². The molecule has 0 N–H and O–H groups in total. The molecule has 0 amide bonds. The average Bonchev–Trinajstić information content (AvgIpc) is 1.61. The molecule has 5 heterocycles. The van der Waals surface area contributed by atoms with E-state index in [0.29, 0.717) is 17.5 Å². The molecule has 0 saturated heterocycles. The van der Waals surface area contributed by atoms with Gasteiger partial charge in [-0.2, -0.15) is 0 Å². The molecule has 5 aromatic heterocycles. The van der Waals surface area contributed by atoms with E-state index in [0.717, 1.165) is 83.8 Å². The minimum absolute atomic E-state index is 0.584. The predicted octanol–water partition coefficient (Wildman–Crippen LogP) is 23.9. The second-order valence-corrected chi connectivity index (χ2v) is 25.9. The van der Waals surface area contributed by atoms with Crippen LogP contribution in [0.4, 0.5) is 0 Å². The molecule has 0 fully saturated rings. The quantitative estimate of drug-likeness (QED) is 0.130. The van der Waals surface area contributed by atoms with Gasteiger partial charge in [-0.25, -0.2) is 15.0 Å². The summed E-state index contributed by atoms with van der Waals surface area (Å²) in [6.45, 7) is 0. The van der Waals surface area contributed by atoms with Gasteiger partial charge in [0.2, 0.25) is 0 Å². The molecule has 0 aliphatic carbocycles. The van der Waals surface area contributed by atoms with Crippen molar-refractivity contribution in [3.8, 4) is 101 Å². The third-order valence-corrected chi connectivity index (χ3v) is 20.2. The van der Waals surface area contributed by atoms with Crippen molar-refractivity contribution >= 4 is 87.2 Å². The molecule has 0 spiro atoms. The number of hydrogen-bond donors (Lipinski definition) is 0. The molecule has 0 aliphatic heterocycles. The highest BCUT2D eigenvalue weighted by molar-refractivity contribution is 6.15. The van der Waals surface area contributed by atoms with E-state index in [1.165, 1.54) is 87.4 Å². The standard InChI is InChI=1S/C93H59N7/c1-4-21-60(22-5-1)73-29-10-11-30-74(73)67-23-20-24-68(55-67)93-95-91(61-39-47-71(48-40-61)99-85-37-18-14-33-77(85)81-58-65(45-53-89(81)99)63-43-51-87-79(56-63)75-31-12-16-35-83(75)97(87)69-25-6-2-7-26-69)94-92(96-93)62-41-49-72(50-42-62)100-86-38-19-15-34-78(86)82-59-66(46-54-90(82)100)64-44-52-88-80(57-64)76-32-13-17-36-84(76)98(88)70-27-8-3-9-28-70/h1-59H. The van der Waals surface area contributed by atoms with Crippen molar-refractivity contribution in [1.82, 2.24) is 33.2 Å². The second kappa shape index (κ2) is 23.1. The Kier molecular flexibility index (Phi) is 13.1. The molecule has 20 rings (SSSR count). The zero-order valence-electron chi connectivity index (χ0n) is 54.2. The predicted molar refractivity (Wildman–Crippen MR) is 415 cm³/mol. The lowest BCUT2D eigenvalue weighted by Crippen LogP contribution is -2.01. The highest BCUT2D eigenvalue weighted by Gasteiger charge is 2.21. The van der Waals surface area contributed by atoms with E-state index < -0.39 is 0 Å². The van der Waals surface area contributed by atoms with Crippen LogP contribution in [0.3, 0.4) is 0 Å². The van der Waals surface area contributed by atoms with Crippen LogP contribution in [-0.4, -0.2) is 33.2 Å². The van der Waals surface area contributed by atoms with E-state index in [1.54, 1.807) is 0 Å². The monoisotopic (exact) mass is 1270 g/mol. The Balaban J connectivity index is 0.673. The fraction of sp³-hybridized carbons (Fsp3) is 0. The zero-order chi connectivity index (χ0) is 65.8. The van der Waals surface area contributed by atoms with Gasteiger partial charge in [0.25, 0.3) is 0 Å². The van der Waals surface area contributed by atoms with Gasteiger partial charge in [0.1, 0.15) is 0 Å². The van der Waals surface area contributed by atoms with Gasteiger partial charge in [-0.05, 0) is 196 Å². The Morgan fingerprint density at radius 3 is 0.780 bits per heavy atom. The molecule has 0 radical (unpaired) electrons. The molecule has 20 aromatic rings. The summed E-state index contributed by atoms with van der Waals surface area (Å²) in [7, 11) is 0. The van der Waals surface area contributed by atoms with Crippen LogP contribution in [0.15, 0.2) is 358 Å². The second-order valence-electron chi connectivity index (χ2n) is 25.9. The summed E-state index contributed by atoms with van der Waals surface area (Å²) in [4.78, 5) is 16.1. The molecule has 0 aliphatic rings. The molecule has 7 heteroatoms. The molecular formula is C93H59N7. The van der Waals surface area contributed by atoms with Crippen LogP contribution in [0, 0.1) is 0 Å². The Morgan fingerprint density at radius 1 is 0.150 bits per heavy atom. The molecular weight excluding hydrogens is 1220 g/mol. The van der Waals surface area contributed by atoms with E-state index in [1.807, 2.05) is 0 Å². The van der Waals surface area contributed by atoms with Crippen molar-refractivity contribution in [3.05, 3.63) is 358 Å². The van der Waals surface area contributed by atoms with Crippen molar-refractivity contribution < 1.29 is 0 Å². The van der Waals surface area contributed by atoms with Gasteiger partial charge in [-0.15, -0.1) is 0 Å². The van der Waals surface area contributed by atoms with Crippen molar-refractivity contribution in [2.24, 2.45) is 0 Å². The minimum Gasteiger partial charge on any atom is -0.309 e. The van der Waals surface area contributed by atoms with Crippen LogP contribution < -0.4 is 0 Å². The highest BCUT2D eigenvalue weighted by atomic mass is 15.0. The lowest BCUT2D eigenvalue weighted by Gasteiger charge is -2.13. The lowest BCUT2D eigenvalue weighted by atomic mass is 9.94. The van der Waals surface area contributed by atoms with E-state index in [2.05, 4.69) is 376 Å². The van der Waals surface area contributed by atoms with Crippen LogP contribution in [-0.2, 0) is 0 Å². The Hall–Kier alpha value is -13.5. The molecule has 0 atom stereocenters. The molecule has 0 saturated carbocycles. The Morgan fingerprint density at radius 2 is 0.410 bits per heavy atom. The van der Waals surface area contributed by atoms with Gasteiger partial charge in [-0.1, -0.05) is 206 Å². The SMILES string of the molecule is c1ccc(-c2ccccc2-c2cccc(-c3nc(-c4ccc(-n5c6ccccc6c6cc(-c7ccc8c(c7)c7ccccc7n8-c7ccccc7)ccc65)cc4)nc(-c4ccc(-n5c6ccccc6c6cc(-c7ccc8c(c7)c7ccccc7n8-c7ccccc7)ccc65)cc4)n3)c2)cc1. The number of nitrogens with zero attached hydrogens (tertiary/aromatic N) is 7. The molecule has 0 unspecified atom stereocenters. The largest absolute Gasteiger partial charge is 0.309 e. The number of hydrogen-bond acceptors (Lipinski definition) is 3. The lowest BCUT2D eigenvalue weighted by molar-refractivity contribution is 1.07. The van der Waals surface area contributed by atoms with Crippen LogP contribution in [0.2, 0.25) is 0 Å². The smallest absolute Gasteiger partial charge is 0.164 e. The first kappa shape index (κ1) is 56.8. The number of aromatic nitrogens is 7. The summed E-state index contributed by atoms with van der Waals surface area (Å²) in [5.74, 6) is 1.76. The van der Waals surface area contributed by atoms with Crippen molar-refractivity contribution in [2.45, 2.75) is 0 Å². The van der Waals surface area contributed by atoms with E-state index >= 15 is 0 Å². The zero-order valence-corrected chi connectivity index (χ0v) is 54.2. The van der Waals surface area contributed by atoms with E-state index in [9.17, 15) is 0 Å². The summed E-state index contributed by atoms with van der Waals surface area (Å²) in [5, 5.41) is 9.70. The summed E-state index contributed by atoms with van der Waals surface area (Å²) in [5.41, 5.74) is 25.5. The first-order valence-corrected chi connectivity index (χ1v) is 34.1. The highest BCUT2D eigenvalue weighted by Crippen LogP contribution is 2.43. The summed E-state index contributed by atoms with van der Waals surface area (Å²) < 4.78 is 9.50. The topological polar surface area (TPSA) is 58.4 Å². The number of fused-ring (bicyclic) bond motifs is 12. The molecule has 7 nitrogen and oxygen atoms in total. The fourth-order valence-corrected chi connectivity index (χ4v) is 15.6. The van der Waals surface area contributed by atoms with Crippen molar-refractivity contribution in [3.63, 3.8) is 0 Å². The van der Waals surface area contributed by atoms with Gasteiger partial charge in [0.05, 0.1) is 44.1 Å². The maximum Gasteiger partial charge on any atom is 0.164 e. The molecule has 0 bridgehead atoms. The maximum absolute atomic E-state index is 5.36. The summed E-state index contributed by atoms with van der Waals surface area (Å²) in [6.07, 6.45) is 0. The van der Waals surface area contributed by atoms with Crippen molar-refractivity contribution in [2.75, 3.05) is 0 Å². The van der Waals surface area contributed by atoms with Gasteiger partial charge in [0.15, 0.2) is 17.5 Å². The van der Waals surface area contributed by atoms with Gasteiger partial charge < -0.3 is 18.3 Å². The van der Waals surface area contributed by atoms with E-state index in [4.69, 9.17) is 15.0 Å². The molecule has 466 valence electrons. The first-order valence-electron chi connectivity index (χ1n) is 34.1. The maximum atomic E-state index is 5.36. The minimum atomic E-state index is 0.584. The third kappa shape index (κ3) is 9.32. The van der Waals surface area contributed by atoms with Gasteiger partial charge in [0, 0.05) is 82.5 Å². The summed E-state index contributed by atoms with van der Waals surface area (Å²) >= 11 is 0. The number of para-hydroxylation sites is 6. The first-order chi connectivity index (χ1) is 49.6. The van der Waals surface area contributed by atoms with Crippen LogP contribution in [0.25, 0.3) is 189 Å². The Labute approximate surface area is 576 Å². The van der Waals surface area contributed by atoms with Crippen molar-refractivity contribution in [1.29, 1.82) is 0 Å². The number of benzene rings is 15. The fourth-order valence-electron chi connectivity index (χ4n) is 15.6. The Bertz CT molecular complexity index is 6280. The third-order valence-electron chi connectivity index (χ3n) is 20.2. The van der Waals surface area contributed by atoms with Gasteiger partial charge >= 0.3 is 0 Å².